The number of aliphatic hydroxyl groups excluding tert-OH is 1. The van der Waals surface area contributed by atoms with Crippen molar-refractivity contribution < 1.29 is 72.7 Å². The predicted molar refractivity (Wildman–Crippen MR) is 349 cm³/mol. The molecule has 10 aromatic rings. The monoisotopic (exact) mass is 1400 g/mol. The predicted octanol–water partition coefficient (Wildman–Crippen LogP) is 14.2. The van der Waals surface area contributed by atoms with Crippen molar-refractivity contribution in [3.8, 4) is 29.5 Å². The van der Waals surface area contributed by atoms with E-state index in [-0.39, 0.29) is 68.7 Å². The van der Waals surface area contributed by atoms with Gasteiger partial charge in [-0.1, -0.05) is 131 Å². The van der Waals surface area contributed by atoms with Crippen LogP contribution in [0.1, 0.15) is 188 Å². The third-order valence-corrected chi connectivity index (χ3v) is 13.4. The smallest absolute Gasteiger partial charge is 0.416 e. The SMILES string of the molecule is CC(C)(C)c1c(OCC(F)F)cccc1C(F)(F)F.CCOc1nc(F)cc2nc(C(C)(C)C)nn12.COc1cc(CO)nc2nc(C(C)(C)C)nn12.COc1ncc(F)c2nc(C(C)(C)C)nn12.COc1nccc(C(F)(F)F)c1C(C)(C)C.Cc1ccn2nc(C(C)(C)C)nc2n1. The zero-order valence-electron chi connectivity index (χ0n) is 59.8. The molecule has 542 valence electrons. The number of alkyl halides is 8. The van der Waals surface area contributed by atoms with Crippen LogP contribution in [0.5, 0.6) is 29.5 Å². The summed E-state index contributed by atoms with van der Waals surface area (Å²) in [6.45, 7) is 37.1. The fraction of sp³-hybridized carbons (Fsp3) is 0.530. The minimum absolute atomic E-state index is 0.0262. The molecule has 0 aliphatic rings. The number of ether oxygens (including phenoxy) is 5. The van der Waals surface area contributed by atoms with Gasteiger partial charge in [0.05, 0.1) is 57.6 Å². The maximum Gasteiger partial charge on any atom is 0.416 e. The summed E-state index contributed by atoms with van der Waals surface area (Å²) < 4.78 is 159. The van der Waals surface area contributed by atoms with Gasteiger partial charge in [-0.3, -0.25) is 0 Å². The molecule has 0 bridgehead atoms. The molecule has 0 atom stereocenters. The maximum absolute atomic E-state index is 13.5. The Morgan fingerprint density at radius 1 is 0.525 bits per heavy atom. The molecule has 1 N–H and O–H groups in total. The molecular formula is C66H87F10N17O6. The van der Waals surface area contributed by atoms with Crippen molar-refractivity contribution in [1.29, 1.82) is 0 Å². The van der Waals surface area contributed by atoms with Crippen LogP contribution in [-0.2, 0) is 51.4 Å². The second-order valence-electron chi connectivity index (χ2n) is 28.2. The van der Waals surface area contributed by atoms with E-state index < -0.39 is 59.1 Å². The third-order valence-electron chi connectivity index (χ3n) is 13.4. The van der Waals surface area contributed by atoms with Gasteiger partial charge in [-0.15, -0.1) is 20.4 Å². The average Bonchev–Trinajstić information content (AvgIpc) is 1.77. The summed E-state index contributed by atoms with van der Waals surface area (Å²) in [5.41, 5.74) is -1.72. The molecular weight excluding hydrogens is 1320 g/mol. The molecule has 9 aromatic heterocycles. The number of halogens is 10. The maximum atomic E-state index is 13.5. The molecule has 99 heavy (non-hydrogen) atoms. The van der Waals surface area contributed by atoms with Crippen LogP contribution in [0.15, 0.2) is 61.1 Å². The zero-order valence-corrected chi connectivity index (χ0v) is 59.8. The Balaban J connectivity index is 0.000000215. The van der Waals surface area contributed by atoms with Crippen LogP contribution in [0.25, 0.3) is 22.8 Å². The van der Waals surface area contributed by atoms with Crippen molar-refractivity contribution in [1.82, 2.24) is 83.3 Å². The van der Waals surface area contributed by atoms with Gasteiger partial charge in [-0.05, 0) is 48.9 Å². The molecule has 0 aliphatic heterocycles. The first-order valence-corrected chi connectivity index (χ1v) is 30.8. The molecule has 0 amide bonds. The number of hydrogen-bond donors (Lipinski definition) is 1. The minimum atomic E-state index is -4.55. The van der Waals surface area contributed by atoms with E-state index in [1.54, 1.807) is 70.7 Å². The Hall–Kier alpha value is -9.17. The third kappa shape index (κ3) is 21.4. The molecule has 0 spiro atoms. The summed E-state index contributed by atoms with van der Waals surface area (Å²) in [6.07, 6.45) is -7.60. The van der Waals surface area contributed by atoms with Crippen LogP contribution < -0.4 is 23.7 Å². The van der Waals surface area contributed by atoms with Gasteiger partial charge in [0.1, 0.15) is 12.4 Å². The lowest BCUT2D eigenvalue weighted by Gasteiger charge is -2.27. The summed E-state index contributed by atoms with van der Waals surface area (Å²) in [6, 6.07) is 9.49. The van der Waals surface area contributed by atoms with Crippen molar-refractivity contribution in [2.75, 3.05) is 34.5 Å². The molecule has 0 saturated carbocycles. The molecule has 33 heteroatoms. The van der Waals surface area contributed by atoms with E-state index >= 15 is 0 Å². The highest BCUT2D eigenvalue weighted by molar-refractivity contribution is 5.47. The van der Waals surface area contributed by atoms with Crippen molar-refractivity contribution in [3.05, 3.63) is 130 Å². The van der Waals surface area contributed by atoms with E-state index in [0.29, 0.717) is 52.9 Å². The number of nitrogens with zero attached hydrogens (tertiary/aromatic N) is 17. The van der Waals surface area contributed by atoms with Crippen LogP contribution >= 0.6 is 0 Å². The van der Waals surface area contributed by atoms with E-state index in [2.05, 4.69) is 86.0 Å². The molecule has 23 nitrogen and oxygen atoms in total. The number of hydrogen-bond acceptors (Lipinski definition) is 19. The fourth-order valence-electron chi connectivity index (χ4n) is 8.64. The van der Waals surface area contributed by atoms with Crippen LogP contribution in [0, 0.1) is 18.7 Å². The lowest BCUT2D eigenvalue weighted by Crippen LogP contribution is -2.22. The molecule has 10 rings (SSSR count). The first-order chi connectivity index (χ1) is 45.5. The van der Waals surface area contributed by atoms with Crippen molar-refractivity contribution in [3.63, 3.8) is 0 Å². The zero-order chi connectivity index (χ0) is 74.9. The molecule has 0 saturated heterocycles. The van der Waals surface area contributed by atoms with E-state index in [4.69, 9.17) is 28.8 Å². The molecule has 1 aromatic carbocycles. The molecule has 0 unspecified atom stereocenters. The standard InChI is InChI=1S/C13H15F5O.C11H14F3NO.C11H15FN4O.C11H16N4O2.C10H13FN4O.C10H14N4/c1-12(2,3)11-8(13(16,17)18)5-4-6-9(11)19-7-10(14)15;1-10(2,3)8-7(11(12,13)14)5-6-15-9(8)16-4;1-5-17-10-13-7(12)6-8-14-9(11(2,3)4)15-16(8)10;1-11(2,3)9-13-10-12-7(6-16)5-8(17-4)15(10)14-9;1-10(2,3)8-13-7-6(11)5-12-9(16-4)15(7)14-8;1-7-5-6-14-9(11-7)12-8(13-14)10(2,3)4/h4-6,10H,7H2,1-3H3;5-6H,1-4H3;6H,5H2,1-4H3;5,16H,6H2,1-4H3;5H,1-4H3;5-6H,1-4H3. The molecule has 9 heterocycles. The van der Waals surface area contributed by atoms with Crippen LogP contribution in [0.4, 0.5) is 43.9 Å². The topological polar surface area (TPSA) is 252 Å². The highest BCUT2D eigenvalue weighted by Crippen LogP contribution is 2.43. The van der Waals surface area contributed by atoms with Gasteiger partial charge < -0.3 is 28.8 Å². The van der Waals surface area contributed by atoms with Crippen LogP contribution in [0.3, 0.4) is 0 Å². The van der Waals surface area contributed by atoms with Crippen LogP contribution in [-0.4, -0.2) is 129 Å². The lowest BCUT2D eigenvalue weighted by molar-refractivity contribution is -0.139. The summed E-state index contributed by atoms with van der Waals surface area (Å²) in [5, 5.41) is 26.3. The normalized spacial score (nSPS) is 12.4. The quantitative estimate of drug-likeness (QED) is 0.104. The van der Waals surface area contributed by atoms with E-state index in [1.165, 1.54) is 35.4 Å². The van der Waals surface area contributed by atoms with E-state index in [9.17, 15) is 43.9 Å². The first kappa shape index (κ1) is 80.5. The molecule has 0 radical (unpaired) electrons. The summed E-state index contributed by atoms with van der Waals surface area (Å²) >= 11 is 0. The molecule has 0 fully saturated rings. The first-order valence-electron chi connectivity index (χ1n) is 30.8. The Morgan fingerprint density at radius 3 is 1.58 bits per heavy atom. The number of aromatic nitrogens is 17. The van der Waals surface area contributed by atoms with Gasteiger partial charge in [-0.25, -0.2) is 47.6 Å². The second kappa shape index (κ2) is 31.4. The second-order valence-corrected chi connectivity index (χ2v) is 28.2. The van der Waals surface area contributed by atoms with Gasteiger partial charge in [0.25, 0.3) is 18.0 Å². The largest absolute Gasteiger partial charge is 0.487 e. The lowest BCUT2D eigenvalue weighted by atomic mass is 9.82. The number of aliphatic hydroxyl groups is 1. The average molecular weight is 1400 g/mol. The number of benzene rings is 1. The summed E-state index contributed by atoms with van der Waals surface area (Å²) in [4.78, 5) is 36.9. The number of pyridine rings is 1. The Morgan fingerprint density at radius 2 is 1.06 bits per heavy atom. The van der Waals surface area contributed by atoms with Crippen molar-refractivity contribution in [2.24, 2.45) is 0 Å². The van der Waals surface area contributed by atoms with Crippen molar-refractivity contribution in [2.45, 2.75) is 196 Å². The van der Waals surface area contributed by atoms with Crippen molar-refractivity contribution >= 4 is 22.8 Å². The highest BCUT2D eigenvalue weighted by Gasteiger charge is 2.40. The highest BCUT2D eigenvalue weighted by atomic mass is 19.4. The Labute approximate surface area is 567 Å². The summed E-state index contributed by atoms with van der Waals surface area (Å²) in [5.74, 6) is 3.09. The van der Waals surface area contributed by atoms with E-state index in [1.807, 2.05) is 81.5 Å². The Kier molecular flexibility index (Phi) is 25.5. The van der Waals surface area contributed by atoms with Gasteiger partial charge in [-0.2, -0.15) is 59.2 Å². The Bertz CT molecular complexity index is 4320. The molecule has 0 aliphatic carbocycles. The minimum Gasteiger partial charge on any atom is -0.487 e. The number of methoxy groups -OCH3 is 3. The van der Waals surface area contributed by atoms with Gasteiger partial charge in [0.15, 0.2) is 40.4 Å². The number of rotatable bonds is 9. The van der Waals surface area contributed by atoms with Crippen LogP contribution in [0.2, 0.25) is 0 Å². The van der Waals surface area contributed by atoms with Gasteiger partial charge in [0.2, 0.25) is 17.7 Å². The van der Waals surface area contributed by atoms with E-state index in [0.717, 1.165) is 42.1 Å². The van der Waals surface area contributed by atoms with Gasteiger partial charge >= 0.3 is 24.4 Å². The number of fused-ring (bicyclic) bond motifs is 4. The summed E-state index contributed by atoms with van der Waals surface area (Å²) in [7, 11) is 4.32. The number of aryl methyl sites for hydroxylation is 1. The fourth-order valence-corrected chi connectivity index (χ4v) is 8.64. The van der Waals surface area contributed by atoms with Gasteiger partial charge in [0, 0.05) is 63.0 Å².